The summed E-state index contributed by atoms with van der Waals surface area (Å²) in [7, 11) is -4.01. The summed E-state index contributed by atoms with van der Waals surface area (Å²) in [6, 6.07) is 3.09. The minimum Gasteiger partial charge on any atom is -0.392 e. The summed E-state index contributed by atoms with van der Waals surface area (Å²) in [6.07, 6.45) is -5.08. The predicted molar refractivity (Wildman–Crippen MR) is 65.6 cm³/mol. The first-order chi connectivity index (χ1) is 9.14. The molecule has 112 valence electrons. The Balaban J connectivity index is 2.48. The van der Waals surface area contributed by atoms with Gasteiger partial charge in [-0.2, -0.15) is 17.5 Å². The zero-order valence-corrected chi connectivity index (χ0v) is 11.5. The van der Waals surface area contributed by atoms with Gasteiger partial charge in [0.1, 0.15) is 0 Å². The Morgan fingerprint density at radius 3 is 2.50 bits per heavy atom. The Labute approximate surface area is 114 Å². The van der Waals surface area contributed by atoms with Crippen LogP contribution >= 0.6 is 0 Å². The van der Waals surface area contributed by atoms with E-state index in [4.69, 9.17) is 0 Å². The Hall–Kier alpha value is -1.12. The van der Waals surface area contributed by atoms with Crippen molar-refractivity contribution in [1.82, 2.24) is 4.31 Å². The van der Waals surface area contributed by atoms with E-state index in [1.165, 1.54) is 0 Å². The van der Waals surface area contributed by atoms with E-state index in [0.717, 1.165) is 29.4 Å². The van der Waals surface area contributed by atoms with Gasteiger partial charge in [-0.25, -0.2) is 8.42 Å². The maximum Gasteiger partial charge on any atom is 0.416 e. The third-order valence-corrected chi connectivity index (χ3v) is 5.34. The number of halogens is 3. The Bertz CT molecular complexity index is 613. The number of nitrogens with zero attached hydrogens (tertiary/aromatic N) is 1. The largest absolute Gasteiger partial charge is 0.416 e. The van der Waals surface area contributed by atoms with Crippen molar-refractivity contribution in [1.29, 1.82) is 0 Å². The molecule has 1 aromatic carbocycles. The van der Waals surface area contributed by atoms with Gasteiger partial charge in [0, 0.05) is 13.1 Å². The molecule has 1 fully saturated rings. The van der Waals surface area contributed by atoms with Crippen molar-refractivity contribution >= 4 is 10.0 Å². The van der Waals surface area contributed by atoms with Gasteiger partial charge in [-0.1, -0.05) is 6.07 Å². The summed E-state index contributed by atoms with van der Waals surface area (Å²) in [5.41, 5.74) is -1.28. The molecular formula is C12H14F3NO3S. The highest BCUT2D eigenvalue weighted by atomic mass is 32.2. The quantitative estimate of drug-likeness (QED) is 0.906. The lowest BCUT2D eigenvalue weighted by Crippen LogP contribution is -2.30. The minimum atomic E-state index is -4.60. The molecule has 4 nitrogen and oxygen atoms in total. The molecular weight excluding hydrogens is 295 g/mol. The smallest absolute Gasteiger partial charge is 0.392 e. The van der Waals surface area contributed by atoms with Crippen molar-refractivity contribution in [2.24, 2.45) is 0 Å². The Kier molecular flexibility index (Phi) is 3.83. The number of hydrogen-bond acceptors (Lipinski definition) is 3. The number of rotatable bonds is 2. The molecule has 1 aliphatic heterocycles. The molecule has 1 heterocycles. The summed E-state index contributed by atoms with van der Waals surface area (Å²) in [6.45, 7) is 1.17. The van der Waals surface area contributed by atoms with Crippen molar-refractivity contribution in [3.8, 4) is 0 Å². The lowest BCUT2D eigenvalue weighted by molar-refractivity contribution is -0.138. The molecule has 0 spiro atoms. The first-order valence-corrected chi connectivity index (χ1v) is 7.43. The molecule has 0 saturated carbocycles. The van der Waals surface area contributed by atoms with E-state index >= 15 is 0 Å². The summed E-state index contributed by atoms with van der Waals surface area (Å²) < 4.78 is 64.1. The highest BCUT2D eigenvalue weighted by molar-refractivity contribution is 7.89. The van der Waals surface area contributed by atoms with Crippen LogP contribution in [0.5, 0.6) is 0 Å². The van der Waals surface area contributed by atoms with Gasteiger partial charge < -0.3 is 5.11 Å². The van der Waals surface area contributed by atoms with Crippen molar-refractivity contribution in [2.75, 3.05) is 13.1 Å². The lowest BCUT2D eigenvalue weighted by Gasteiger charge is -2.19. The number of benzene rings is 1. The van der Waals surface area contributed by atoms with Crippen LogP contribution in [-0.2, 0) is 16.2 Å². The van der Waals surface area contributed by atoms with Crippen LogP contribution < -0.4 is 0 Å². The first kappa shape index (κ1) is 15.3. The first-order valence-electron chi connectivity index (χ1n) is 5.99. The normalized spacial score (nSPS) is 21.4. The zero-order valence-electron chi connectivity index (χ0n) is 10.7. The number of alkyl halides is 3. The van der Waals surface area contributed by atoms with Gasteiger partial charge in [0.05, 0.1) is 16.6 Å². The molecule has 0 aromatic heterocycles. The van der Waals surface area contributed by atoms with Gasteiger partial charge in [0.25, 0.3) is 0 Å². The molecule has 1 aliphatic rings. The molecule has 1 atom stereocenters. The maximum atomic E-state index is 12.8. The third kappa shape index (κ3) is 2.68. The summed E-state index contributed by atoms with van der Waals surface area (Å²) in [5, 5.41) is 9.38. The molecule has 1 saturated heterocycles. The van der Waals surface area contributed by atoms with Crippen molar-refractivity contribution in [2.45, 2.75) is 30.5 Å². The highest BCUT2D eigenvalue weighted by Crippen LogP contribution is 2.35. The maximum absolute atomic E-state index is 12.8. The van der Waals surface area contributed by atoms with Crippen LogP contribution in [0, 0.1) is 6.92 Å². The number of aliphatic hydroxyl groups is 1. The van der Waals surface area contributed by atoms with E-state index in [9.17, 15) is 26.7 Å². The molecule has 1 N–H and O–H groups in total. The average Bonchev–Trinajstić information content (AvgIpc) is 2.75. The van der Waals surface area contributed by atoms with E-state index < -0.39 is 27.9 Å². The molecule has 0 radical (unpaired) electrons. The molecule has 0 amide bonds. The molecule has 0 unspecified atom stereocenters. The van der Waals surface area contributed by atoms with Crippen LogP contribution in [0.3, 0.4) is 0 Å². The molecule has 0 aliphatic carbocycles. The Morgan fingerprint density at radius 1 is 1.35 bits per heavy atom. The molecule has 2 rings (SSSR count). The summed E-state index contributed by atoms with van der Waals surface area (Å²) >= 11 is 0. The number of hydrogen-bond donors (Lipinski definition) is 1. The second kappa shape index (κ2) is 5.01. The third-order valence-electron chi connectivity index (χ3n) is 3.33. The van der Waals surface area contributed by atoms with Crippen LogP contribution in [0.4, 0.5) is 13.2 Å². The number of aliphatic hydroxyl groups excluding tert-OH is 1. The standard InChI is InChI=1S/C12H14F3NO3S/c1-8-10(12(13,14)15)3-2-4-11(8)20(18,19)16-6-5-9(17)7-16/h2-4,9,17H,5-7H2,1H3/t9-/m0/s1. The molecule has 0 bridgehead atoms. The van der Waals surface area contributed by atoms with Gasteiger partial charge >= 0.3 is 6.18 Å². The molecule has 8 heteroatoms. The van der Waals surface area contributed by atoms with Crippen molar-refractivity contribution in [3.05, 3.63) is 29.3 Å². The second-order valence-corrected chi connectivity index (χ2v) is 6.64. The monoisotopic (exact) mass is 309 g/mol. The van der Waals surface area contributed by atoms with Crippen molar-refractivity contribution < 1.29 is 26.7 Å². The minimum absolute atomic E-state index is 0.0853. The van der Waals surface area contributed by atoms with E-state index in [1.807, 2.05) is 0 Å². The van der Waals surface area contributed by atoms with Gasteiger partial charge in [-0.05, 0) is 31.0 Å². The fraction of sp³-hybridized carbons (Fsp3) is 0.500. The van der Waals surface area contributed by atoms with Crippen molar-refractivity contribution in [3.63, 3.8) is 0 Å². The second-order valence-electron chi connectivity index (χ2n) is 4.73. The summed E-state index contributed by atoms with van der Waals surface area (Å²) in [5.74, 6) is 0. The average molecular weight is 309 g/mol. The van der Waals surface area contributed by atoms with Gasteiger partial charge in [0.15, 0.2) is 0 Å². The predicted octanol–water partition coefficient (Wildman–Crippen LogP) is 1.77. The van der Waals surface area contributed by atoms with Gasteiger partial charge in [-0.15, -0.1) is 0 Å². The molecule has 1 aromatic rings. The van der Waals surface area contributed by atoms with Crippen LogP contribution in [0.1, 0.15) is 17.5 Å². The van der Waals surface area contributed by atoms with Crippen LogP contribution in [0.2, 0.25) is 0 Å². The number of β-amino-alcohol motifs (C(OH)–C–C–N with tert-alkyl or cyclic N) is 1. The fourth-order valence-corrected chi connectivity index (χ4v) is 4.01. The fourth-order valence-electron chi connectivity index (χ4n) is 2.27. The van der Waals surface area contributed by atoms with Crippen LogP contribution in [0.15, 0.2) is 23.1 Å². The SMILES string of the molecule is Cc1c(C(F)(F)F)cccc1S(=O)(=O)N1CC[C@H](O)C1. The van der Waals surface area contributed by atoms with E-state index in [0.29, 0.717) is 0 Å². The molecule has 20 heavy (non-hydrogen) atoms. The topological polar surface area (TPSA) is 57.6 Å². The highest BCUT2D eigenvalue weighted by Gasteiger charge is 2.37. The Morgan fingerprint density at radius 2 is 2.00 bits per heavy atom. The zero-order chi connectivity index (χ0) is 15.1. The van der Waals surface area contributed by atoms with Gasteiger partial charge in [-0.3, -0.25) is 0 Å². The van der Waals surface area contributed by atoms with Gasteiger partial charge in [0.2, 0.25) is 10.0 Å². The van der Waals surface area contributed by atoms with Crippen LogP contribution in [-0.4, -0.2) is 37.0 Å². The van der Waals surface area contributed by atoms with E-state index in [2.05, 4.69) is 0 Å². The van der Waals surface area contributed by atoms with E-state index in [-0.39, 0.29) is 30.0 Å². The number of sulfonamides is 1. The van der Waals surface area contributed by atoms with Crippen LogP contribution in [0.25, 0.3) is 0 Å². The lowest BCUT2D eigenvalue weighted by atomic mass is 10.1. The summed E-state index contributed by atoms with van der Waals surface area (Å²) in [4.78, 5) is -0.360. The van der Waals surface area contributed by atoms with E-state index in [1.54, 1.807) is 0 Å².